The molecule has 6 heteroatoms. The third-order valence-electron chi connectivity index (χ3n) is 7.65. The molecule has 1 N–H and O–H groups in total. The molecule has 0 radical (unpaired) electrons. The minimum Gasteiger partial charge on any atom is -0.462 e. The highest BCUT2D eigenvalue weighted by molar-refractivity contribution is 5.74. The molecule has 0 aromatic heterocycles. The Kier molecular flexibility index (Phi) is 3.95. The normalized spacial score (nSPS) is 45.3. The number of ether oxygens (including phenoxy) is 1. The molecule has 0 aromatic carbocycles. The first-order valence-corrected chi connectivity index (χ1v) is 9.58. The number of hydrogen-bond donors (Lipinski definition) is 1. The maximum absolute atomic E-state index is 12.8. The van der Waals surface area contributed by atoms with E-state index in [0.717, 1.165) is 37.5 Å². The predicted molar refractivity (Wildman–Crippen MR) is 84.4 cm³/mol. The quantitative estimate of drug-likeness (QED) is 0.610. The monoisotopic (exact) mass is 360 g/mol. The zero-order valence-electron chi connectivity index (χ0n) is 14.8. The number of rotatable bonds is 4. The van der Waals surface area contributed by atoms with Gasteiger partial charge in [0.25, 0.3) is 0 Å². The van der Waals surface area contributed by atoms with Gasteiger partial charge in [0.15, 0.2) is 5.60 Å². The molecule has 0 saturated heterocycles. The van der Waals surface area contributed by atoms with E-state index in [0.29, 0.717) is 17.8 Å². The molecule has 4 aliphatic rings. The molecule has 9 unspecified atom stereocenters. The van der Waals surface area contributed by atoms with Crippen LogP contribution in [0.5, 0.6) is 0 Å². The lowest BCUT2D eigenvalue weighted by molar-refractivity contribution is -0.261. The van der Waals surface area contributed by atoms with Crippen molar-refractivity contribution >= 4 is 5.97 Å². The van der Waals surface area contributed by atoms with Gasteiger partial charge in [-0.2, -0.15) is 13.2 Å². The summed E-state index contributed by atoms with van der Waals surface area (Å²) in [5, 5.41) is 9.58. The molecule has 4 bridgehead atoms. The van der Waals surface area contributed by atoms with Crippen molar-refractivity contribution in [2.75, 3.05) is 0 Å². The summed E-state index contributed by atoms with van der Waals surface area (Å²) in [6.07, 6.45) is -0.424. The molecule has 4 fully saturated rings. The van der Waals surface area contributed by atoms with Gasteiger partial charge in [-0.05, 0) is 81.5 Å². The van der Waals surface area contributed by atoms with Crippen molar-refractivity contribution in [2.45, 2.75) is 70.3 Å². The topological polar surface area (TPSA) is 46.5 Å². The van der Waals surface area contributed by atoms with Gasteiger partial charge in [-0.15, -0.1) is 0 Å². The van der Waals surface area contributed by atoms with Crippen molar-refractivity contribution in [1.82, 2.24) is 0 Å². The van der Waals surface area contributed by atoms with Crippen LogP contribution >= 0.6 is 0 Å². The maximum Gasteiger partial charge on any atom is 0.417 e. The molecule has 0 heterocycles. The largest absolute Gasteiger partial charge is 0.462 e. The van der Waals surface area contributed by atoms with Crippen LogP contribution < -0.4 is 0 Å². The summed E-state index contributed by atoms with van der Waals surface area (Å²) in [4.78, 5) is 12.6. The summed E-state index contributed by atoms with van der Waals surface area (Å²) in [5.41, 5.74) is -2.84. The van der Waals surface area contributed by atoms with Crippen LogP contribution in [0, 0.1) is 41.4 Å². The Hall–Kier alpha value is -0.780. The third-order valence-corrected chi connectivity index (χ3v) is 7.65. The van der Waals surface area contributed by atoms with E-state index in [4.69, 9.17) is 4.74 Å². The maximum atomic E-state index is 12.8. The van der Waals surface area contributed by atoms with Crippen molar-refractivity contribution in [3.05, 3.63) is 0 Å². The van der Waals surface area contributed by atoms with Crippen molar-refractivity contribution < 1.29 is 27.8 Å². The summed E-state index contributed by atoms with van der Waals surface area (Å²) >= 11 is 0. The van der Waals surface area contributed by atoms with Gasteiger partial charge < -0.3 is 9.84 Å². The van der Waals surface area contributed by atoms with E-state index in [-0.39, 0.29) is 11.9 Å². The van der Waals surface area contributed by atoms with E-state index in [2.05, 4.69) is 0 Å². The van der Waals surface area contributed by atoms with Crippen molar-refractivity contribution in [3.8, 4) is 0 Å². The molecular formula is C19H27F3O3. The molecule has 142 valence electrons. The van der Waals surface area contributed by atoms with Crippen LogP contribution in [-0.2, 0) is 9.53 Å². The first-order chi connectivity index (χ1) is 11.6. The molecule has 0 aliphatic heterocycles. The third kappa shape index (κ3) is 2.70. The van der Waals surface area contributed by atoms with Crippen LogP contribution in [0.3, 0.4) is 0 Å². The molecule has 4 aliphatic carbocycles. The summed E-state index contributed by atoms with van der Waals surface area (Å²) < 4.78 is 43.7. The van der Waals surface area contributed by atoms with Crippen LogP contribution in [0.4, 0.5) is 13.2 Å². The Labute approximate surface area is 146 Å². The van der Waals surface area contributed by atoms with E-state index in [1.807, 2.05) is 0 Å². The fourth-order valence-electron chi connectivity index (χ4n) is 6.84. The number of carbonyl (C=O) groups is 1. The van der Waals surface area contributed by atoms with Gasteiger partial charge in [0.05, 0.1) is 5.92 Å². The van der Waals surface area contributed by atoms with Crippen molar-refractivity contribution in [1.29, 1.82) is 0 Å². The standard InChI is InChI=1S/C19H27F3O3/c1-9(8-18(2,24)19(20,21)22)25-17(23)14-7-12-6-13(14)16-11-4-3-10(5-11)15(12)16/h9-16,24H,3-8H2,1-2H3. The second kappa shape index (κ2) is 5.61. The summed E-state index contributed by atoms with van der Waals surface area (Å²) in [6.45, 7) is 2.17. The number of alkyl halides is 3. The number of esters is 1. The Morgan fingerprint density at radius 1 is 1.12 bits per heavy atom. The predicted octanol–water partition coefficient (Wildman–Crippen LogP) is 3.94. The lowest BCUT2D eigenvalue weighted by Gasteiger charge is -2.38. The van der Waals surface area contributed by atoms with Gasteiger partial charge >= 0.3 is 12.1 Å². The van der Waals surface area contributed by atoms with E-state index in [9.17, 15) is 23.1 Å². The van der Waals surface area contributed by atoms with Crippen LogP contribution in [0.15, 0.2) is 0 Å². The Morgan fingerprint density at radius 2 is 1.76 bits per heavy atom. The van der Waals surface area contributed by atoms with Gasteiger partial charge in [-0.1, -0.05) is 0 Å². The molecule has 0 spiro atoms. The number of aliphatic hydroxyl groups is 1. The van der Waals surface area contributed by atoms with Crippen LogP contribution in [-0.4, -0.2) is 29.0 Å². The molecule has 25 heavy (non-hydrogen) atoms. The fraction of sp³-hybridized carbons (Fsp3) is 0.947. The second-order valence-electron chi connectivity index (χ2n) is 9.21. The Bertz CT molecular complexity index is 559. The van der Waals surface area contributed by atoms with E-state index in [1.165, 1.54) is 26.2 Å². The van der Waals surface area contributed by atoms with Gasteiger partial charge in [-0.3, -0.25) is 4.79 Å². The van der Waals surface area contributed by atoms with Crippen LogP contribution in [0.25, 0.3) is 0 Å². The smallest absolute Gasteiger partial charge is 0.417 e. The number of hydrogen-bond acceptors (Lipinski definition) is 3. The highest BCUT2D eigenvalue weighted by Crippen LogP contribution is 2.68. The minimum atomic E-state index is -4.73. The van der Waals surface area contributed by atoms with E-state index < -0.39 is 24.3 Å². The van der Waals surface area contributed by atoms with Crippen molar-refractivity contribution in [2.24, 2.45) is 41.4 Å². The minimum absolute atomic E-state index is 0.149. The van der Waals surface area contributed by atoms with E-state index >= 15 is 0 Å². The number of carbonyl (C=O) groups excluding carboxylic acids is 1. The van der Waals surface area contributed by atoms with E-state index in [1.54, 1.807) is 0 Å². The highest BCUT2D eigenvalue weighted by Gasteiger charge is 2.63. The fourth-order valence-corrected chi connectivity index (χ4v) is 6.84. The van der Waals surface area contributed by atoms with Gasteiger partial charge in [0.2, 0.25) is 0 Å². The van der Waals surface area contributed by atoms with Gasteiger partial charge in [-0.25, -0.2) is 0 Å². The second-order valence-corrected chi connectivity index (χ2v) is 9.21. The SMILES string of the molecule is CC(CC(C)(O)C(F)(F)F)OC(=O)C1CC2CC1C1C3CCC(C3)C21. The lowest BCUT2D eigenvalue weighted by atomic mass is 9.67. The zero-order chi connectivity index (χ0) is 18.1. The van der Waals surface area contributed by atoms with Gasteiger partial charge in [0.1, 0.15) is 6.10 Å². The summed E-state index contributed by atoms with van der Waals surface area (Å²) in [6, 6.07) is 0. The highest BCUT2D eigenvalue weighted by atomic mass is 19.4. The zero-order valence-corrected chi connectivity index (χ0v) is 14.8. The average Bonchev–Trinajstić information content (AvgIpc) is 3.23. The van der Waals surface area contributed by atoms with Crippen LogP contribution in [0.2, 0.25) is 0 Å². The Morgan fingerprint density at radius 3 is 2.40 bits per heavy atom. The lowest BCUT2D eigenvalue weighted by Crippen LogP contribution is -2.45. The molecule has 3 nitrogen and oxygen atoms in total. The first kappa shape index (κ1) is 17.6. The molecule has 0 aromatic rings. The number of fused-ring (bicyclic) bond motifs is 9. The number of halogens is 3. The molecule has 0 amide bonds. The summed E-state index contributed by atoms with van der Waals surface area (Å²) in [5.74, 6) is 3.51. The molecule has 9 atom stereocenters. The molecule has 4 saturated carbocycles. The summed E-state index contributed by atoms with van der Waals surface area (Å²) in [7, 11) is 0. The first-order valence-electron chi connectivity index (χ1n) is 9.58. The van der Waals surface area contributed by atoms with Crippen LogP contribution in [0.1, 0.15) is 52.4 Å². The Balaban J connectivity index is 1.37. The average molecular weight is 360 g/mol. The van der Waals surface area contributed by atoms with Gasteiger partial charge in [0, 0.05) is 6.42 Å². The molecule has 4 rings (SSSR count). The molecular weight excluding hydrogens is 333 g/mol. The van der Waals surface area contributed by atoms with Crippen molar-refractivity contribution in [3.63, 3.8) is 0 Å².